The number of thiophene rings is 1. The number of rotatable bonds is 6. The van der Waals surface area contributed by atoms with E-state index in [0.29, 0.717) is 12.5 Å². The summed E-state index contributed by atoms with van der Waals surface area (Å²) in [7, 11) is 0. The van der Waals surface area contributed by atoms with E-state index in [1.54, 1.807) is 17.4 Å². The Morgan fingerprint density at radius 2 is 2.14 bits per heavy atom. The van der Waals surface area contributed by atoms with Crippen molar-refractivity contribution in [1.29, 1.82) is 0 Å². The number of ether oxygens (including phenoxy) is 1. The van der Waals surface area contributed by atoms with Crippen molar-refractivity contribution in [3.63, 3.8) is 0 Å². The average Bonchev–Trinajstić information content (AvgIpc) is 2.91. The fraction of sp³-hybridized carbons (Fsp3) is 0.235. The van der Waals surface area contributed by atoms with Gasteiger partial charge in [-0.2, -0.15) is 0 Å². The summed E-state index contributed by atoms with van der Waals surface area (Å²) in [6.45, 7) is 4.78. The molecule has 0 spiro atoms. The van der Waals surface area contributed by atoms with Gasteiger partial charge in [-0.05, 0) is 40.6 Å². The number of carboxylic acids is 1. The number of benzene rings is 1. The van der Waals surface area contributed by atoms with Crippen molar-refractivity contribution in [2.24, 2.45) is 0 Å². The van der Waals surface area contributed by atoms with Gasteiger partial charge in [-0.15, -0.1) is 11.3 Å². The lowest BCUT2D eigenvalue weighted by molar-refractivity contribution is -0.131. The van der Waals surface area contributed by atoms with Crippen molar-refractivity contribution in [3.8, 4) is 5.75 Å². The van der Waals surface area contributed by atoms with Crippen LogP contribution in [0.1, 0.15) is 35.8 Å². The van der Waals surface area contributed by atoms with Gasteiger partial charge in [0.05, 0.1) is 0 Å². The van der Waals surface area contributed by atoms with E-state index >= 15 is 0 Å². The molecule has 1 N–H and O–H groups in total. The van der Waals surface area contributed by atoms with E-state index in [1.165, 1.54) is 5.56 Å². The van der Waals surface area contributed by atoms with Crippen LogP contribution in [0.25, 0.3) is 6.08 Å². The number of carboxylic acid groups (broad SMARTS) is 1. The molecule has 0 unspecified atom stereocenters. The Balaban J connectivity index is 2.02. The summed E-state index contributed by atoms with van der Waals surface area (Å²) in [4.78, 5) is 11.6. The van der Waals surface area contributed by atoms with Gasteiger partial charge in [0.25, 0.3) is 0 Å². The summed E-state index contributed by atoms with van der Waals surface area (Å²) in [5, 5.41) is 10.5. The Bertz CT molecular complexity index is 641. The second kappa shape index (κ2) is 7.09. The van der Waals surface area contributed by atoms with Gasteiger partial charge in [0, 0.05) is 11.0 Å². The highest BCUT2D eigenvalue weighted by Crippen LogP contribution is 2.27. The standard InChI is InChI=1S/C17H18O3S/c1-12(2)15-5-3-4-6-16(15)20-10-14-9-13(11-21-14)7-8-17(18)19/h3-9,11-12H,10H2,1-2H3,(H,18,19). The molecule has 2 rings (SSSR count). The minimum Gasteiger partial charge on any atom is -0.488 e. The third-order valence-electron chi connectivity index (χ3n) is 3.00. The van der Waals surface area contributed by atoms with Crippen LogP contribution in [0, 0.1) is 0 Å². The summed E-state index contributed by atoms with van der Waals surface area (Å²) in [5.41, 5.74) is 2.08. The van der Waals surface area contributed by atoms with Crippen molar-refractivity contribution in [2.75, 3.05) is 0 Å². The number of carbonyl (C=O) groups is 1. The third-order valence-corrected chi connectivity index (χ3v) is 3.93. The molecule has 0 atom stereocenters. The van der Waals surface area contributed by atoms with Crippen molar-refractivity contribution in [2.45, 2.75) is 26.4 Å². The zero-order valence-electron chi connectivity index (χ0n) is 12.1. The van der Waals surface area contributed by atoms with Crippen molar-refractivity contribution < 1.29 is 14.6 Å². The lowest BCUT2D eigenvalue weighted by Gasteiger charge is -2.13. The van der Waals surface area contributed by atoms with Crippen LogP contribution in [0.2, 0.25) is 0 Å². The number of para-hydroxylation sites is 1. The summed E-state index contributed by atoms with van der Waals surface area (Å²) >= 11 is 1.57. The molecule has 0 aliphatic heterocycles. The molecule has 1 aromatic heterocycles. The molecular formula is C17H18O3S. The van der Waals surface area contributed by atoms with Gasteiger partial charge in [-0.25, -0.2) is 4.79 Å². The summed E-state index contributed by atoms with van der Waals surface area (Å²) < 4.78 is 5.89. The predicted octanol–water partition coefficient (Wildman–Crippen LogP) is 4.55. The predicted molar refractivity (Wildman–Crippen MR) is 85.9 cm³/mol. The third kappa shape index (κ3) is 4.46. The van der Waals surface area contributed by atoms with E-state index in [9.17, 15) is 4.79 Å². The highest BCUT2D eigenvalue weighted by atomic mass is 32.1. The molecule has 110 valence electrons. The first kappa shape index (κ1) is 15.3. The Hall–Kier alpha value is -2.07. The van der Waals surface area contributed by atoms with E-state index in [0.717, 1.165) is 22.3 Å². The van der Waals surface area contributed by atoms with E-state index in [1.807, 2.05) is 29.6 Å². The summed E-state index contributed by atoms with van der Waals surface area (Å²) in [5.74, 6) is 0.381. The molecule has 1 aromatic carbocycles. The molecule has 0 fully saturated rings. The lowest BCUT2D eigenvalue weighted by Crippen LogP contribution is -1.98. The molecule has 4 heteroatoms. The molecule has 0 aliphatic rings. The van der Waals surface area contributed by atoms with Gasteiger partial charge in [-0.3, -0.25) is 0 Å². The fourth-order valence-electron chi connectivity index (χ4n) is 1.97. The monoisotopic (exact) mass is 302 g/mol. The maximum Gasteiger partial charge on any atom is 0.328 e. The number of hydrogen-bond acceptors (Lipinski definition) is 3. The summed E-state index contributed by atoms with van der Waals surface area (Å²) in [6.07, 6.45) is 2.73. The molecule has 2 aromatic rings. The molecule has 0 aliphatic carbocycles. The number of hydrogen-bond donors (Lipinski definition) is 1. The van der Waals surface area contributed by atoms with Crippen LogP contribution in [0.15, 0.2) is 41.8 Å². The maximum absolute atomic E-state index is 10.5. The molecule has 0 radical (unpaired) electrons. The molecule has 0 amide bonds. The Morgan fingerprint density at radius 1 is 1.38 bits per heavy atom. The van der Waals surface area contributed by atoms with Crippen molar-refractivity contribution in [3.05, 3.63) is 57.8 Å². The Labute approximate surface area is 128 Å². The van der Waals surface area contributed by atoms with Gasteiger partial charge < -0.3 is 9.84 Å². The molecule has 3 nitrogen and oxygen atoms in total. The van der Waals surface area contributed by atoms with E-state index in [2.05, 4.69) is 19.9 Å². The normalized spacial score (nSPS) is 11.2. The van der Waals surface area contributed by atoms with Crippen LogP contribution in [0.3, 0.4) is 0 Å². The van der Waals surface area contributed by atoms with Crippen LogP contribution in [0.5, 0.6) is 5.75 Å². The fourth-order valence-corrected chi connectivity index (χ4v) is 2.73. The number of aliphatic carboxylic acids is 1. The molecule has 0 saturated heterocycles. The minimum absolute atomic E-state index is 0.415. The maximum atomic E-state index is 10.5. The first-order valence-corrected chi connectivity index (χ1v) is 7.64. The van der Waals surface area contributed by atoms with Gasteiger partial charge in [0.1, 0.15) is 12.4 Å². The molecule has 21 heavy (non-hydrogen) atoms. The second-order valence-electron chi connectivity index (χ2n) is 5.00. The Kier molecular flexibility index (Phi) is 5.17. The lowest BCUT2D eigenvalue weighted by atomic mass is 10.0. The first-order valence-electron chi connectivity index (χ1n) is 6.76. The van der Waals surface area contributed by atoms with Gasteiger partial charge >= 0.3 is 5.97 Å². The average molecular weight is 302 g/mol. The molecular weight excluding hydrogens is 284 g/mol. The quantitative estimate of drug-likeness (QED) is 0.796. The van der Waals surface area contributed by atoms with E-state index < -0.39 is 5.97 Å². The van der Waals surface area contributed by atoms with Gasteiger partial charge in [0.2, 0.25) is 0 Å². The van der Waals surface area contributed by atoms with E-state index in [-0.39, 0.29) is 0 Å². The van der Waals surface area contributed by atoms with Crippen LogP contribution in [-0.2, 0) is 11.4 Å². The highest BCUT2D eigenvalue weighted by molar-refractivity contribution is 7.10. The largest absolute Gasteiger partial charge is 0.488 e. The van der Waals surface area contributed by atoms with Gasteiger partial charge in [0.15, 0.2) is 0 Å². The molecule has 0 saturated carbocycles. The van der Waals surface area contributed by atoms with Crippen molar-refractivity contribution in [1.82, 2.24) is 0 Å². The van der Waals surface area contributed by atoms with Crippen LogP contribution < -0.4 is 4.74 Å². The molecule has 0 bridgehead atoms. The highest BCUT2D eigenvalue weighted by Gasteiger charge is 2.07. The Morgan fingerprint density at radius 3 is 2.86 bits per heavy atom. The SMILES string of the molecule is CC(C)c1ccccc1OCc1cc(C=CC(=O)O)cs1. The van der Waals surface area contributed by atoms with Crippen LogP contribution in [-0.4, -0.2) is 11.1 Å². The van der Waals surface area contributed by atoms with E-state index in [4.69, 9.17) is 9.84 Å². The zero-order chi connectivity index (χ0) is 15.2. The zero-order valence-corrected chi connectivity index (χ0v) is 12.9. The van der Waals surface area contributed by atoms with Crippen molar-refractivity contribution >= 4 is 23.4 Å². The minimum atomic E-state index is -0.940. The first-order chi connectivity index (χ1) is 10.1. The van der Waals surface area contributed by atoms with Crippen LogP contribution in [0.4, 0.5) is 0 Å². The van der Waals surface area contributed by atoms with Crippen LogP contribution >= 0.6 is 11.3 Å². The van der Waals surface area contributed by atoms with Gasteiger partial charge in [-0.1, -0.05) is 32.0 Å². The molecule has 1 heterocycles. The second-order valence-corrected chi connectivity index (χ2v) is 5.99. The topological polar surface area (TPSA) is 46.5 Å². The smallest absolute Gasteiger partial charge is 0.328 e. The summed E-state index contributed by atoms with van der Waals surface area (Å²) in [6, 6.07) is 9.99.